The number of nitrogens with one attached hydrogen (secondary N) is 2. The minimum Gasteiger partial charge on any atom is -0.357 e. The number of halogens is 1. The van der Waals surface area contributed by atoms with Gasteiger partial charge < -0.3 is 15.5 Å². The van der Waals surface area contributed by atoms with Gasteiger partial charge in [-0.25, -0.2) is 0 Å². The Labute approximate surface area is 199 Å². The molecule has 2 N–H and O–H groups in total. The summed E-state index contributed by atoms with van der Waals surface area (Å²) in [5, 5.41) is 6.81. The lowest BCUT2D eigenvalue weighted by Gasteiger charge is -2.34. The third-order valence-electron chi connectivity index (χ3n) is 5.03. The average molecular weight is 534 g/mol. The number of hydrogen-bond acceptors (Lipinski definition) is 4. The molecular formula is C22H40IN5S. The lowest BCUT2D eigenvalue weighted by molar-refractivity contribution is 0.127. The number of aliphatic imine (C=N–C) groups is 1. The highest BCUT2D eigenvalue weighted by Crippen LogP contribution is 2.08. The van der Waals surface area contributed by atoms with Crippen LogP contribution in [0.1, 0.15) is 31.7 Å². The summed E-state index contributed by atoms with van der Waals surface area (Å²) in [6.45, 7) is 11.8. The van der Waals surface area contributed by atoms with Gasteiger partial charge in [0, 0.05) is 58.9 Å². The Kier molecular flexibility index (Phi) is 15.7. The third-order valence-corrected chi connectivity index (χ3v) is 5.73. The van der Waals surface area contributed by atoms with E-state index < -0.39 is 0 Å². The molecule has 0 unspecified atom stereocenters. The summed E-state index contributed by atoms with van der Waals surface area (Å²) >= 11 is 1.92. The van der Waals surface area contributed by atoms with Crippen LogP contribution in [0.2, 0.25) is 0 Å². The van der Waals surface area contributed by atoms with Gasteiger partial charge in [-0.15, -0.1) is 24.0 Å². The lowest BCUT2D eigenvalue weighted by atomic mass is 10.2. The summed E-state index contributed by atoms with van der Waals surface area (Å²) in [7, 11) is 0. The van der Waals surface area contributed by atoms with E-state index in [0.717, 1.165) is 45.1 Å². The summed E-state index contributed by atoms with van der Waals surface area (Å²) in [6, 6.07) is 10.8. The first-order valence-electron chi connectivity index (χ1n) is 10.8. The Morgan fingerprint density at radius 3 is 2.41 bits per heavy atom. The van der Waals surface area contributed by atoms with Crippen LogP contribution in [-0.2, 0) is 6.54 Å². The number of piperazine rings is 1. The number of guanidine groups is 1. The van der Waals surface area contributed by atoms with Gasteiger partial charge >= 0.3 is 0 Å². The molecular weight excluding hydrogens is 493 g/mol. The van der Waals surface area contributed by atoms with E-state index in [4.69, 9.17) is 4.99 Å². The van der Waals surface area contributed by atoms with Crippen molar-refractivity contribution in [2.75, 3.05) is 64.4 Å². The first-order chi connectivity index (χ1) is 13.8. The Morgan fingerprint density at radius 2 is 1.72 bits per heavy atom. The summed E-state index contributed by atoms with van der Waals surface area (Å²) in [5.41, 5.74) is 1.42. The molecule has 0 saturated carbocycles. The van der Waals surface area contributed by atoms with E-state index in [2.05, 4.69) is 63.9 Å². The molecule has 1 fully saturated rings. The Bertz CT molecular complexity index is 535. The van der Waals surface area contributed by atoms with Crippen molar-refractivity contribution in [3.8, 4) is 0 Å². The second-order valence-corrected chi connectivity index (χ2v) is 8.33. The fourth-order valence-electron chi connectivity index (χ4n) is 3.42. The van der Waals surface area contributed by atoms with E-state index in [9.17, 15) is 0 Å². The van der Waals surface area contributed by atoms with Gasteiger partial charge in [0.05, 0.1) is 0 Å². The summed E-state index contributed by atoms with van der Waals surface area (Å²) in [5.74, 6) is 2.22. The van der Waals surface area contributed by atoms with Gasteiger partial charge in [-0.1, -0.05) is 30.3 Å². The minimum absolute atomic E-state index is 0. The highest BCUT2D eigenvalue weighted by molar-refractivity contribution is 14.0. The van der Waals surface area contributed by atoms with E-state index in [1.807, 2.05) is 11.8 Å². The molecule has 29 heavy (non-hydrogen) atoms. The van der Waals surface area contributed by atoms with Crippen molar-refractivity contribution < 1.29 is 0 Å². The number of benzene rings is 1. The van der Waals surface area contributed by atoms with Crippen molar-refractivity contribution in [3.63, 3.8) is 0 Å². The molecule has 1 aliphatic heterocycles. The Balaban J connectivity index is 0.00000420. The normalized spacial score (nSPS) is 15.7. The molecule has 1 saturated heterocycles. The lowest BCUT2D eigenvalue weighted by Crippen LogP contribution is -2.46. The molecule has 0 radical (unpaired) electrons. The molecule has 7 heteroatoms. The average Bonchev–Trinajstić information content (AvgIpc) is 2.73. The monoisotopic (exact) mass is 533 g/mol. The van der Waals surface area contributed by atoms with Crippen molar-refractivity contribution in [2.45, 2.75) is 32.7 Å². The van der Waals surface area contributed by atoms with Gasteiger partial charge in [-0.2, -0.15) is 11.8 Å². The molecule has 1 heterocycles. The number of hydrogen-bond donors (Lipinski definition) is 2. The molecule has 2 rings (SSSR count). The van der Waals surface area contributed by atoms with Crippen LogP contribution in [-0.4, -0.2) is 80.1 Å². The molecule has 0 aromatic heterocycles. The molecule has 0 spiro atoms. The zero-order chi connectivity index (χ0) is 19.9. The standard InChI is InChI=1S/C22H39N5S.HI/c1-3-23-22(24-12-7-8-19-28-2)25-13-9-14-26-15-17-27(18-16-26)20-21-10-5-4-6-11-21;/h4-6,10-11H,3,7-9,12-20H2,1-2H3,(H2,23,24,25);1H. The van der Waals surface area contributed by atoms with Crippen LogP contribution in [0.25, 0.3) is 0 Å². The van der Waals surface area contributed by atoms with E-state index in [1.165, 1.54) is 50.3 Å². The molecule has 5 nitrogen and oxygen atoms in total. The summed E-state index contributed by atoms with van der Waals surface area (Å²) in [4.78, 5) is 9.89. The molecule has 0 aliphatic carbocycles. The van der Waals surface area contributed by atoms with Crippen molar-refractivity contribution in [1.29, 1.82) is 0 Å². The first-order valence-corrected chi connectivity index (χ1v) is 12.2. The Hall–Kier alpha value is -0.510. The first kappa shape index (κ1) is 26.5. The second-order valence-electron chi connectivity index (χ2n) is 7.34. The van der Waals surface area contributed by atoms with Gasteiger partial charge in [0.25, 0.3) is 0 Å². The van der Waals surface area contributed by atoms with Crippen molar-refractivity contribution in [1.82, 2.24) is 20.4 Å². The highest BCUT2D eigenvalue weighted by Gasteiger charge is 2.16. The van der Waals surface area contributed by atoms with E-state index in [-0.39, 0.29) is 24.0 Å². The molecule has 1 aliphatic rings. The smallest absolute Gasteiger partial charge is 0.191 e. The summed E-state index contributed by atoms with van der Waals surface area (Å²) in [6.07, 6.45) is 5.77. The van der Waals surface area contributed by atoms with Crippen molar-refractivity contribution >= 4 is 41.7 Å². The van der Waals surface area contributed by atoms with Gasteiger partial charge in [0.15, 0.2) is 5.96 Å². The molecule has 0 atom stereocenters. The number of nitrogens with zero attached hydrogens (tertiary/aromatic N) is 3. The number of rotatable bonds is 12. The third kappa shape index (κ3) is 12.1. The maximum absolute atomic E-state index is 4.74. The van der Waals surface area contributed by atoms with Gasteiger partial charge in [-0.3, -0.25) is 9.89 Å². The largest absolute Gasteiger partial charge is 0.357 e. The van der Waals surface area contributed by atoms with Crippen molar-refractivity contribution in [3.05, 3.63) is 35.9 Å². The second kappa shape index (κ2) is 17.2. The van der Waals surface area contributed by atoms with Crippen LogP contribution in [0.5, 0.6) is 0 Å². The predicted octanol–water partition coefficient (Wildman–Crippen LogP) is 3.51. The fourth-order valence-corrected chi connectivity index (χ4v) is 3.91. The van der Waals surface area contributed by atoms with Crippen LogP contribution in [0.15, 0.2) is 35.3 Å². The minimum atomic E-state index is 0. The zero-order valence-corrected chi connectivity index (χ0v) is 21.4. The maximum Gasteiger partial charge on any atom is 0.191 e. The quantitative estimate of drug-likeness (QED) is 0.186. The van der Waals surface area contributed by atoms with Crippen LogP contribution >= 0.6 is 35.7 Å². The summed E-state index contributed by atoms with van der Waals surface area (Å²) < 4.78 is 0. The number of unbranched alkanes of at least 4 members (excludes halogenated alkanes) is 1. The van der Waals surface area contributed by atoms with Gasteiger partial charge in [0.2, 0.25) is 0 Å². The Morgan fingerprint density at radius 1 is 1.00 bits per heavy atom. The van der Waals surface area contributed by atoms with Crippen molar-refractivity contribution in [2.24, 2.45) is 4.99 Å². The predicted molar refractivity (Wildman–Crippen MR) is 140 cm³/mol. The molecule has 0 amide bonds. The fraction of sp³-hybridized carbons (Fsp3) is 0.682. The van der Waals surface area contributed by atoms with Crippen LogP contribution in [0, 0.1) is 0 Å². The molecule has 0 bridgehead atoms. The van der Waals surface area contributed by atoms with E-state index in [1.54, 1.807) is 0 Å². The SMILES string of the molecule is CCNC(=NCCCN1CCN(Cc2ccccc2)CC1)NCCCCSC.I. The molecule has 166 valence electrons. The van der Waals surface area contributed by atoms with Gasteiger partial charge in [0.1, 0.15) is 0 Å². The van der Waals surface area contributed by atoms with E-state index in [0.29, 0.717) is 0 Å². The highest BCUT2D eigenvalue weighted by atomic mass is 127. The molecule has 1 aromatic rings. The molecule has 1 aromatic carbocycles. The van der Waals surface area contributed by atoms with E-state index >= 15 is 0 Å². The van der Waals surface area contributed by atoms with Crippen LogP contribution in [0.4, 0.5) is 0 Å². The van der Waals surface area contributed by atoms with Gasteiger partial charge in [-0.05, 0) is 43.8 Å². The maximum atomic E-state index is 4.74. The van der Waals surface area contributed by atoms with Crippen LogP contribution < -0.4 is 10.6 Å². The topological polar surface area (TPSA) is 42.9 Å². The zero-order valence-electron chi connectivity index (χ0n) is 18.2. The van der Waals surface area contributed by atoms with Crippen LogP contribution in [0.3, 0.4) is 0 Å². The number of thioether (sulfide) groups is 1.